The van der Waals surface area contributed by atoms with Crippen LogP contribution in [-0.2, 0) is 0 Å². The second kappa shape index (κ2) is 6.70. The van der Waals surface area contributed by atoms with Crippen molar-refractivity contribution in [1.82, 2.24) is 5.32 Å². The van der Waals surface area contributed by atoms with Crippen molar-refractivity contribution in [3.8, 4) is 5.75 Å². The van der Waals surface area contributed by atoms with Crippen LogP contribution >= 0.6 is 0 Å². The molecule has 0 saturated carbocycles. The fourth-order valence-electron chi connectivity index (χ4n) is 1.84. The van der Waals surface area contributed by atoms with E-state index in [1.165, 1.54) is 0 Å². The van der Waals surface area contributed by atoms with Crippen molar-refractivity contribution in [3.05, 3.63) is 33.4 Å². The lowest BCUT2D eigenvalue weighted by Crippen LogP contribution is -2.36. The number of aryl methyl sites for hydroxylation is 2. The van der Waals surface area contributed by atoms with Gasteiger partial charge in [0, 0.05) is 17.2 Å². The van der Waals surface area contributed by atoms with Crippen LogP contribution in [0.2, 0.25) is 0 Å². The van der Waals surface area contributed by atoms with Crippen LogP contribution in [-0.4, -0.2) is 23.6 Å². The quantitative estimate of drug-likeness (QED) is 0.493. The van der Waals surface area contributed by atoms with Gasteiger partial charge in [0.05, 0.1) is 11.5 Å². The Morgan fingerprint density at radius 3 is 2.45 bits per heavy atom. The van der Waals surface area contributed by atoms with E-state index in [4.69, 9.17) is 4.74 Å². The first-order valence-corrected chi connectivity index (χ1v) is 6.84. The van der Waals surface area contributed by atoms with Gasteiger partial charge in [-0.15, -0.1) is 0 Å². The van der Waals surface area contributed by atoms with E-state index in [9.17, 15) is 10.1 Å². The number of nitrogens with zero attached hydrogens (tertiary/aromatic N) is 1. The highest BCUT2D eigenvalue weighted by atomic mass is 16.6. The van der Waals surface area contributed by atoms with E-state index in [0.29, 0.717) is 12.2 Å². The highest BCUT2D eigenvalue weighted by molar-refractivity contribution is 5.49. The molecule has 5 nitrogen and oxygen atoms in total. The third-order valence-electron chi connectivity index (χ3n) is 2.92. The van der Waals surface area contributed by atoms with Crippen LogP contribution in [0.3, 0.4) is 0 Å². The monoisotopic (exact) mass is 280 g/mol. The molecule has 0 bridgehead atoms. The first kappa shape index (κ1) is 16.4. The maximum absolute atomic E-state index is 10.8. The molecule has 0 heterocycles. The molecule has 0 aliphatic carbocycles. The molecule has 5 heteroatoms. The minimum Gasteiger partial charge on any atom is -0.493 e. The number of rotatable bonds is 6. The zero-order valence-electron chi connectivity index (χ0n) is 12.9. The molecule has 1 aromatic carbocycles. The van der Waals surface area contributed by atoms with Crippen LogP contribution in [0, 0.1) is 24.0 Å². The summed E-state index contributed by atoms with van der Waals surface area (Å²) in [5.74, 6) is 0.726. The minimum atomic E-state index is -0.362. The summed E-state index contributed by atoms with van der Waals surface area (Å²) in [5, 5.41) is 14.2. The summed E-state index contributed by atoms with van der Waals surface area (Å²) in [6, 6.07) is 3.31. The van der Waals surface area contributed by atoms with Gasteiger partial charge in [0.15, 0.2) is 0 Å². The number of nitro groups is 1. The van der Waals surface area contributed by atoms with E-state index in [0.717, 1.165) is 24.3 Å². The standard InChI is InChI=1S/C15H24N2O3/c1-11-10-14(12(2)9-13(11)17(18)19)20-8-6-7-16-15(3,4)5/h9-10,16H,6-8H2,1-5H3. The SMILES string of the molecule is Cc1cc([N+](=O)[O-])c(C)cc1OCCCNC(C)(C)C. The molecule has 0 amide bonds. The van der Waals surface area contributed by atoms with Crippen LogP contribution in [0.1, 0.15) is 38.3 Å². The molecule has 0 aliphatic heterocycles. The maximum Gasteiger partial charge on any atom is 0.272 e. The molecular weight excluding hydrogens is 256 g/mol. The van der Waals surface area contributed by atoms with Gasteiger partial charge in [0.1, 0.15) is 5.75 Å². The normalized spacial score (nSPS) is 11.4. The molecule has 1 aromatic rings. The van der Waals surface area contributed by atoms with Gasteiger partial charge < -0.3 is 10.1 Å². The molecule has 0 atom stereocenters. The molecule has 0 unspecified atom stereocenters. The third kappa shape index (κ3) is 5.17. The molecule has 1 rings (SSSR count). The predicted molar refractivity (Wildman–Crippen MR) is 80.4 cm³/mol. The third-order valence-corrected chi connectivity index (χ3v) is 2.92. The molecule has 0 aromatic heterocycles. The molecule has 0 radical (unpaired) electrons. The Labute approximate surface area is 120 Å². The maximum atomic E-state index is 10.8. The Morgan fingerprint density at radius 1 is 1.25 bits per heavy atom. The number of nitro benzene ring substituents is 1. The fraction of sp³-hybridized carbons (Fsp3) is 0.600. The molecule has 0 fully saturated rings. The largest absolute Gasteiger partial charge is 0.493 e. The molecular formula is C15H24N2O3. The highest BCUT2D eigenvalue weighted by Gasteiger charge is 2.14. The van der Waals surface area contributed by atoms with Crippen molar-refractivity contribution in [1.29, 1.82) is 0 Å². The summed E-state index contributed by atoms with van der Waals surface area (Å²) < 4.78 is 5.70. The first-order valence-electron chi connectivity index (χ1n) is 6.84. The average molecular weight is 280 g/mol. The van der Waals surface area contributed by atoms with Gasteiger partial charge >= 0.3 is 0 Å². The van der Waals surface area contributed by atoms with E-state index in [2.05, 4.69) is 26.1 Å². The zero-order valence-corrected chi connectivity index (χ0v) is 12.9. The summed E-state index contributed by atoms with van der Waals surface area (Å²) in [7, 11) is 0. The van der Waals surface area contributed by atoms with Crippen molar-refractivity contribution in [2.24, 2.45) is 0 Å². The van der Waals surface area contributed by atoms with Gasteiger partial charge in [-0.2, -0.15) is 0 Å². The van der Waals surface area contributed by atoms with Crippen molar-refractivity contribution >= 4 is 5.69 Å². The van der Waals surface area contributed by atoms with Crippen LogP contribution < -0.4 is 10.1 Å². The molecule has 0 aliphatic rings. The molecule has 0 spiro atoms. The van der Waals surface area contributed by atoms with Crippen LogP contribution in [0.4, 0.5) is 5.69 Å². The van der Waals surface area contributed by atoms with Crippen molar-refractivity contribution in [2.75, 3.05) is 13.2 Å². The van der Waals surface area contributed by atoms with Crippen LogP contribution in [0.5, 0.6) is 5.75 Å². The Hall–Kier alpha value is -1.62. The number of benzene rings is 1. The molecule has 0 saturated heterocycles. The van der Waals surface area contributed by atoms with Crippen LogP contribution in [0.25, 0.3) is 0 Å². The lowest BCUT2D eigenvalue weighted by molar-refractivity contribution is -0.385. The first-order chi connectivity index (χ1) is 9.20. The summed E-state index contributed by atoms with van der Waals surface area (Å²) >= 11 is 0. The van der Waals surface area contributed by atoms with E-state index in [1.54, 1.807) is 19.1 Å². The fourth-order valence-corrected chi connectivity index (χ4v) is 1.84. The van der Waals surface area contributed by atoms with Crippen molar-refractivity contribution < 1.29 is 9.66 Å². The lowest BCUT2D eigenvalue weighted by Gasteiger charge is -2.20. The van der Waals surface area contributed by atoms with Crippen molar-refractivity contribution in [2.45, 2.75) is 46.6 Å². The number of hydrogen-bond donors (Lipinski definition) is 1. The summed E-state index contributed by atoms with van der Waals surface area (Å²) in [5.41, 5.74) is 1.68. The Morgan fingerprint density at radius 2 is 1.90 bits per heavy atom. The van der Waals surface area contributed by atoms with E-state index >= 15 is 0 Å². The number of nitrogens with one attached hydrogen (secondary N) is 1. The minimum absolute atomic E-state index is 0.111. The number of hydrogen-bond acceptors (Lipinski definition) is 4. The molecule has 1 N–H and O–H groups in total. The summed E-state index contributed by atoms with van der Waals surface area (Å²) in [6.07, 6.45) is 0.896. The topological polar surface area (TPSA) is 64.4 Å². The smallest absolute Gasteiger partial charge is 0.272 e. The van der Waals surface area contributed by atoms with Gasteiger partial charge in [-0.1, -0.05) is 0 Å². The Bertz CT molecular complexity index is 479. The van der Waals surface area contributed by atoms with Gasteiger partial charge in [0.2, 0.25) is 0 Å². The van der Waals surface area contributed by atoms with E-state index < -0.39 is 0 Å². The lowest BCUT2D eigenvalue weighted by atomic mass is 10.1. The summed E-state index contributed by atoms with van der Waals surface area (Å²) in [4.78, 5) is 10.5. The second-order valence-electron chi connectivity index (χ2n) is 6.04. The number of ether oxygens (including phenoxy) is 1. The predicted octanol–water partition coefficient (Wildman–Crippen LogP) is 3.37. The average Bonchev–Trinajstić information content (AvgIpc) is 2.30. The summed E-state index contributed by atoms with van der Waals surface area (Å²) in [6.45, 7) is 11.4. The Kier molecular flexibility index (Phi) is 5.51. The van der Waals surface area contributed by atoms with Crippen LogP contribution in [0.15, 0.2) is 12.1 Å². The second-order valence-corrected chi connectivity index (χ2v) is 6.04. The highest BCUT2D eigenvalue weighted by Crippen LogP contribution is 2.27. The van der Waals surface area contributed by atoms with Gasteiger partial charge in [-0.3, -0.25) is 10.1 Å². The van der Waals surface area contributed by atoms with E-state index in [-0.39, 0.29) is 16.1 Å². The van der Waals surface area contributed by atoms with Gasteiger partial charge in [-0.25, -0.2) is 0 Å². The zero-order chi connectivity index (χ0) is 15.3. The molecule has 112 valence electrons. The van der Waals surface area contributed by atoms with Gasteiger partial charge in [0.25, 0.3) is 5.69 Å². The molecule has 20 heavy (non-hydrogen) atoms. The van der Waals surface area contributed by atoms with Crippen molar-refractivity contribution in [3.63, 3.8) is 0 Å². The van der Waals surface area contributed by atoms with Gasteiger partial charge in [-0.05, 0) is 59.2 Å². The van der Waals surface area contributed by atoms with E-state index in [1.807, 2.05) is 6.92 Å². The Balaban J connectivity index is 2.53.